The van der Waals surface area contributed by atoms with Gasteiger partial charge in [0, 0.05) is 12.6 Å². The van der Waals surface area contributed by atoms with Gasteiger partial charge in [-0.3, -0.25) is 0 Å². The number of hydrogen-bond donors (Lipinski definition) is 1. The van der Waals surface area contributed by atoms with Crippen molar-refractivity contribution in [3.05, 3.63) is 35.4 Å². The van der Waals surface area contributed by atoms with E-state index in [1.54, 1.807) is 0 Å². The molecule has 1 saturated carbocycles. The largest absolute Gasteiger partial charge is 0.310 e. The van der Waals surface area contributed by atoms with Crippen molar-refractivity contribution in [2.24, 2.45) is 11.8 Å². The molecule has 0 bridgehead atoms. The highest BCUT2D eigenvalue weighted by molar-refractivity contribution is 5.21. The van der Waals surface area contributed by atoms with E-state index in [0.717, 1.165) is 18.4 Å². The van der Waals surface area contributed by atoms with Gasteiger partial charge in [0.15, 0.2) is 0 Å². The number of nitrogens with one attached hydrogen (secondary N) is 1. The van der Waals surface area contributed by atoms with Crippen LogP contribution in [0.15, 0.2) is 24.3 Å². The average Bonchev–Trinajstić information content (AvgIpc) is 2.33. The fourth-order valence-electron chi connectivity index (χ4n) is 2.82. The number of aryl methyl sites for hydroxylation is 1. The highest BCUT2D eigenvalue weighted by atomic mass is 14.9. The SMILES string of the molecule is Cc1ccc(CN[C@H]2CCC[C@@H](C)[C@@H]2C)cc1. The molecule has 1 aliphatic carbocycles. The van der Waals surface area contributed by atoms with Crippen LogP contribution in [0.1, 0.15) is 44.2 Å². The van der Waals surface area contributed by atoms with Gasteiger partial charge in [0.25, 0.3) is 0 Å². The Morgan fingerprint density at radius 3 is 2.53 bits per heavy atom. The van der Waals surface area contributed by atoms with Crippen LogP contribution in [0, 0.1) is 18.8 Å². The quantitative estimate of drug-likeness (QED) is 0.831. The van der Waals surface area contributed by atoms with E-state index in [2.05, 4.69) is 50.4 Å². The molecule has 1 aromatic rings. The smallest absolute Gasteiger partial charge is 0.0208 e. The highest BCUT2D eigenvalue weighted by Gasteiger charge is 2.26. The molecule has 2 rings (SSSR count). The lowest BCUT2D eigenvalue weighted by molar-refractivity contribution is 0.206. The Labute approximate surface area is 106 Å². The number of hydrogen-bond acceptors (Lipinski definition) is 1. The zero-order chi connectivity index (χ0) is 12.3. The van der Waals surface area contributed by atoms with Gasteiger partial charge in [-0.2, -0.15) is 0 Å². The van der Waals surface area contributed by atoms with E-state index >= 15 is 0 Å². The van der Waals surface area contributed by atoms with Crippen LogP contribution in [0.25, 0.3) is 0 Å². The molecule has 94 valence electrons. The maximum Gasteiger partial charge on any atom is 0.0208 e. The minimum Gasteiger partial charge on any atom is -0.310 e. The molecule has 1 nitrogen and oxygen atoms in total. The molecule has 0 heterocycles. The third-order valence-electron chi connectivity index (χ3n) is 4.40. The first kappa shape index (κ1) is 12.6. The van der Waals surface area contributed by atoms with E-state index in [1.165, 1.54) is 30.4 Å². The lowest BCUT2D eigenvalue weighted by Crippen LogP contribution is -2.40. The fraction of sp³-hybridized carbons (Fsp3) is 0.625. The predicted octanol–water partition coefficient (Wildman–Crippen LogP) is 3.91. The van der Waals surface area contributed by atoms with Crippen LogP contribution in [0.5, 0.6) is 0 Å². The molecule has 1 heteroatoms. The summed E-state index contributed by atoms with van der Waals surface area (Å²) in [5.41, 5.74) is 2.74. The van der Waals surface area contributed by atoms with E-state index in [0.29, 0.717) is 6.04 Å². The summed E-state index contributed by atoms with van der Waals surface area (Å²) < 4.78 is 0. The van der Waals surface area contributed by atoms with E-state index in [4.69, 9.17) is 0 Å². The molecule has 0 saturated heterocycles. The summed E-state index contributed by atoms with van der Waals surface area (Å²) in [6, 6.07) is 9.58. The summed E-state index contributed by atoms with van der Waals surface area (Å²) in [5.74, 6) is 1.69. The van der Waals surface area contributed by atoms with Gasteiger partial charge in [-0.1, -0.05) is 56.5 Å². The summed E-state index contributed by atoms with van der Waals surface area (Å²) >= 11 is 0. The van der Waals surface area contributed by atoms with Gasteiger partial charge in [-0.25, -0.2) is 0 Å². The Bertz CT molecular complexity index is 341. The first-order valence-electron chi connectivity index (χ1n) is 6.96. The first-order valence-corrected chi connectivity index (χ1v) is 6.96. The molecule has 1 aromatic carbocycles. The Morgan fingerprint density at radius 2 is 1.82 bits per heavy atom. The highest BCUT2D eigenvalue weighted by Crippen LogP contribution is 2.29. The zero-order valence-electron chi connectivity index (χ0n) is 11.4. The molecular weight excluding hydrogens is 206 g/mol. The number of benzene rings is 1. The number of rotatable bonds is 3. The van der Waals surface area contributed by atoms with Crippen molar-refractivity contribution in [2.75, 3.05) is 0 Å². The molecule has 3 atom stereocenters. The van der Waals surface area contributed by atoms with Gasteiger partial charge in [-0.15, -0.1) is 0 Å². The maximum absolute atomic E-state index is 3.74. The molecule has 0 spiro atoms. The third-order valence-corrected chi connectivity index (χ3v) is 4.40. The van der Waals surface area contributed by atoms with Crippen LogP contribution in [-0.4, -0.2) is 6.04 Å². The van der Waals surface area contributed by atoms with Gasteiger partial charge in [0.05, 0.1) is 0 Å². The lowest BCUT2D eigenvalue weighted by atomic mass is 9.78. The average molecular weight is 231 g/mol. The van der Waals surface area contributed by atoms with Crippen LogP contribution < -0.4 is 5.32 Å². The molecular formula is C16H25N. The first-order chi connectivity index (χ1) is 8.16. The Morgan fingerprint density at radius 1 is 1.12 bits per heavy atom. The van der Waals surface area contributed by atoms with Crippen LogP contribution in [0.3, 0.4) is 0 Å². The molecule has 0 amide bonds. The summed E-state index contributed by atoms with van der Waals surface area (Å²) in [4.78, 5) is 0. The van der Waals surface area contributed by atoms with Crippen molar-refractivity contribution >= 4 is 0 Å². The van der Waals surface area contributed by atoms with Crippen molar-refractivity contribution < 1.29 is 0 Å². The van der Waals surface area contributed by atoms with Crippen LogP contribution in [0.4, 0.5) is 0 Å². The van der Waals surface area contributed by atoms with Gasteiger partial charge >= 0.3 is 0 Å². The van der Waals surface area contributed by atoms with Crippen LogP contribution in [0.2, 0.25) is 0 Å². The van der Waals surface area contributed by atoms with Crippen molar-refractivity contribution in [3.8, 4) is 0 Å². The molecule has 0 unspecified atom stereocenters. The molecule has 0 aliphatic heterocycles. The van der Waals surface area contributed by atoms with Gasteiger partial charge in [-0.05, 0) is 30.7 Å². The molecule has 0 aromatic heterocycles. The summed E-state index contributed by atoms with van der Waals surface area (Å²) in [6.45, 7) is 7.95. The predicted molar refractivity (Wildman–Crippen MR) is 74.0 cm³/mol. The van der Waals surface area contributed by atoms with Crippen molar-refractivity contribution in [3.63, 3.8) is 0 Å². The third kappa shape index (κ3) is 3.32. The Kier molecular flexibility index (Phi) is 4.22. The summed E-state index contributed by atoms with van der Waals surface area (Å²) in [5, 5.41) is 3.74. The van der Waals surface area contributed by atoms with Gasteiger partial charge < -0.3 is 5.32 Å². The second-order valence-corrected chi connectivity index (χ2v) is 5.74. The fourth-order valence-corrected chi connectivity index (χ4v) is 2.82. The van der Waals surface area contributed by atoms with E-state index in [9.17, 15) is 0 Å². The second kappa shape index (κ2) is 5.68. The van der Waals surface area contributed by atoms with E-state index in [-0.39, 0.29) is 0 Å². The molecule has 17 heavy (non-hydrogen) atoms. The second-order valence-electron chi connectivity index (χ2n) is 5.74. The van der Waals surface area contributed by atoms with Crippen molar-refractivity contribution in [1.82, 2.24) is 5.32 Å². The Hall–Kier alpha value is -0.820. The topological polar surface area (TPSA) is 12.0 Å². The zero-order valence-corrected chi connectivity index (χ0v) is 11.4. The summed E-state index contributed by atoms with van der Waals surface area (Å²) in [6.07, 6.45) is 4.14. The summed E-state index contributed by atoms with van der Waals surface area (Å²) in [7, 11) is 0. The van der Waals surface area contributed by atoms with Gasteiger partial charge in [0.2, 0.25) is 0 Å². The van der Waals surface area contributed by atoms with Crippen molar-refractivity contribution in [1.29, 1.82) is 0 Å². The molecule has 0 radical (unpaired) electrons. The molecule has 1 aliphatic rings. The Balaban J connectivity index is 1.87. The van der Waals surface area contributed by atoms with E-state index < -0.39 is 0 Å². The standard InChI is InChI=1S/C16H25N/c1-12-7-9-15(10-8-12)11-17-16-6-4-5-13(2)14(16)3/h7-10,13-14,16-17H,4-6,11H2,1-3H3/t13-,14+,16+/m1/s1. The lowest BCUT2D eigenvalue weighted by Gasteiger charge is -2.34. The minimum atomic E-state index is 0.708. The van der Waals surface area contributed by atoms with Crippen LogP contribution >= 0.6 is 0 Å². The molecule has 1 N–H and O–H groups in total. The minimum absolute atomic E-state index is 0.708. The van der Waals surface area contributed by atoms with E-state index in [1.807, 2.05) is 0 Å². The van der Waals surface area contributed by atoms with Gasteiger partial charge in [0.1, 0.15) is 0 Å². The van der Waals surface area contributed by atoms with Crippen LogP contribution in [-0.2, 0) is 6.54 Å². The maximum atomic E-state index is 3.74. The molecule has 1 fully saturated rings. The normalized spacial score (nSPS) is 29.2. The monoisotopic (exact) mass is 231 g/mol. The van der Waals surface area contributed by atoms with Crippen molar-refractivity contribution in [2.45, 2.75) is 52.6 Å².